The van der Waals surface area contributed by atoms with E-state index in [1.165, 1.54) is 5.56 Å². The highest BCUT2D eigenvalue weighted by molar-refractivity contribution is 5.73. The van der Waals surface area contributed by atoms with Crippen molar-refractivity contribution in [2.45, 2.75) is 44.6 Å². The SMILES string of the molecule is CC(CCNC(=O)N(C)CC1CCCC1O)c1ccccc1. The Morgan fingerprint density at radius 2 is 2.09 bits per heavy atom. The average Bonchev–Trinajstić information content (AvgIpc) is 2.93. The summed E-state index contributed by atoms with van der Waals surface area (Å²) in [6.07, 6.45) is 3.64. The van der Waals surface area contributed by atoms with Crippen molar-refractivity contribution in [3.05, 3.63) is 35.9 Å². The Bertz CT molecular complexity index is 463. The zero-order valence-corrected chi connectivity index (χ0v) is 13.7. The van der Waals surface area contributed by atoms with Gasteiger partial charge < -0.3 is 15.3 Å². The molecule has 2 N–H and O–H groups in total. The number of hydrogen-bond donors (Lipinski definition) is 2. The van der Waals surface area contributed by atoms with Gasteiger partial charge in [0.15, 0.2) is 0 Å². The molecule has 2 rings (SSSR count). The van der Waals surface area contributed by atoms with Crippen molar-refractivity contribution in [2.24, 2.45) is 5.92 Å². The highest BCUT2D eigenvalue weighted by Crippen LogP contribution is 2.26. The maximum absolute atomic E-state index is 12.1. The first-order chi connectivity index (χ1) is 10.6. The molecule has 2 amide bonds. The number of carbonyl (C=O) groups is 1. The monoisotopic (exact) mass is 304 g/mol. The quantitative estimate of drug-likeness (QED) is 0.849. The molecule has 0 bridgehead atoms. The minimum atomic E-state index is -0.242. The van der Waals surface area contributed by atoms with E-state index in [4.69, 9.17) is 0 Å². The van der Waals surface area contributed by atoms with Crippen molar-refractivity contribution in [3.8, 4) is 0 Å². The van der Waals surface area contributed by atoms with Crippen molar-refractivity contribution in [3.63, 3.8) is 0 Å². The molecule has 4 nitrogen and oxygen atoms in total. The van der Waals surface area contributed by atoms with Gasteiger partial charge in [-0.15, -0.1) is 0 Å². The second-order valence-corrected chi connectivity index (χ2v) is 6.47. The van der Waals surface area contributed by atoms with E-state index in [1.54, 1.807) is 11.9 Å². The minimum Gasteiger partial charge on any atom is -0.393 e. The van der Waals surface area contributed by atoms with Gasteiger partial charge in [-0.3, -0.25) is 0 Å². The van der Waals surface area contributed by atoms with Crippen LogP contribution in [-0.4, -0.2) is 42.3 Å². The fourth-order valence-electron chi connectivity index (χ4n) is 3.14. The summed E-state index contributed by atoms with van der Waals surface area (Å²) < 4.78 is 0. The van der Waals surface area contributed by atoms with E-state index in [-0.39, 0.29) is 18.1 Å². The molecule has 1 aliphatic rings. The number of aliphatic hydroxyl groups is 1. The molecular formula is C18H28N2O2. The van der Waals surface area contributed by atoms with Crippen molar-refractivity contribution in [1.29, 1.82) is 0 Å². The zero-order chi connectivity index (χ0) is 15.9. The third-order valence-electron chi connectivity index (χ3n) is 4.70. The number of urea groups is 1. The van der Waals surface area contributed by atoms with Crippen LogP contribution in [0.25, 0.3) is 0 Å². The first-order valence-corrected chi connectivity index (χ1v) is 8.30. The first-order valence-electron chi connectivity index (χ1n) is 8.30. The normalized spacial score (nSPS) is 22.3. The van der Waals surface area contributed by atoms with Crippen LogP contribution in [0.3, 0.4) is 0 Å². The molecule has 4 heteroatoms. The Balaban J connectivity index is 1.68. The molecule has 0 saturated heterocycles. The third-order valence-corrected chi connectivity index (χ3v) is 4.70. The lowest BCUT2D eigenvalue weighted by atomic mass is 9.98. The molecule has 0 aromatic heterocycles. The predicted octanol–water partition coefficient (Wildman–Crippen LogP) is 2.98. The predicted molar refractivity (Wildman–Crippen MR) is 88.9 cm³/mol. The number of hydrogen-bond acceptors (Lipinski definition) is 2. The molecule has 122 valence electrons. The minimum absolute atomic E-state index is 0.0423. The third kappa shape index (κ3) is 4.73. The van der Waals surface area contributed by atoms with Crippen molar-refractivity contribution < 1.29 is 9.90 Å². The molecule has 1 saturated carbocycles. The van der Waals surface area contributed by atoms with Crippen molar-refractivity contribution in [1.82, 2.24) is 10.2 Å². The highest BCUT2D eigenvalue weighted by Gasteiger charge is 2.27. The van der Waals surface area contributed by atoms with Crippen molar-refractivity contribution in [2.75, 3.05) is 20.1 Å². The van der Waals surface area contributed by atoms with Crippen LogP contribution < -0.4 is 5.32 Å². The van der Waals surface area contributed by atoms with Crippen LogP contribution in [0.15, 0.2) is 30.3 Å². The summed E-state index contributed by atoms with van der Waals surface area (Å²) in [6.45, 7) is 3.49. The molecule has 1 aliphatic carbocycles. The van der Waals surface area contributed by atoms with Crippen LogP contribution in [0, 0.1) is 5.92 Å². The molecule has 1 fully saturated rings. The van der Waals surface area contributed by atoms with E-state index < -0.39 is 0 Å². The van der Waals surface area contributed by atoms with Crippen LogP contribution in [0.1, 0.15) is 44.1 Å². The van der Waals surface area contributed by atoms with Gasteiger partial charge in [0.2, 0.25) is 0 Å². The molecule has 3 atom stereocenters. The lowest BCUT2D eigenvalue weighted by Crippen LogP contribution is -2.41. The molecular weight excluding hydrogens is 276 g/mol. The Morgan fingerprint density at radius 1 is 1.36 bits per heavy atom. The Morgan fingerprint density at radius 3 is 2.73 bits per heavy atom. The van der Waals surface area contributed by atoms with Gasteiger partial charge in [0.25, 0.3) is 0 Å². The molecule has 22 heavy (non-hydrogen) atoms. The standard InChI is InChI=1S/C18H28N2O2/c1-14(15-7-4-3-5-8-15)11-12-19-18(22)20(2)13-16-9-6-10-17(16)21/h3-5,7-8,14,16-17,21H,6,9-13H2,1-2H3,(H,19,22). The number of nitrogens with one attached hydrogen (secondary N) is 1. The second kappa shape index (κ2) is 8.18. The van der Waals surface area contributed by atoms with Gasteiger partial charge >= 0.3 is 6.03 Å². The highest BCUT2D eigenvalue weighted by atomic mass is 16.3. The smallest absolute Gasteiger partial charge is 0.317 e. The molecule has 0 radical (unpaired) electrons. The van der Waals surface area contributed by atoms with Gasteiger partial charge in [-0.05, 0) is 30.7 Å². The summed E-state index contributed by atoms with van der Waals surface area (Å²) in [5.41, 5.74) is 1.30. The van der Waals surface area contributed by atoms with Crippen LogP contribution in [0.2, 0.25) is 0 Å². The average molecular weight is 304 g/mol. The number of nitrogens with zero attached hydrogens (tertiary/aromatic N) is 1. The number of aliphatic hydroxyl groups excluding tert-OH is 1. The molecule has 0 heterocycles. The summed E-state index contributed by atoms with van der Waals surface area (Å²) in [7, 11) is 1.81. The van der Waals surface area contributed by atoms with E-state index in [0.29, 0.717) is 19.0 Å². The first kappa shape index (κ1) is 16.8. The maximum atomic E-state index is 12.1. The lowest BCUT2D eigenvalue weighted by Gasteiger charge is -2.24. The van der Waals surface area contributed by atoms with Gasteiger partial charge in [-0.2, -0.15) is 0 Å². The summed E-state index contributed by atoms with van der Waals surface area (Å²) in [4.78, 5) is 13.8. The van der Waals surface area contributed by atoms with E-state index in [2.05, 4.69) is 24.4 Å². The van der Waals surface area contributed by atoms with Crippen LogP contribution in [0.4, 0.5) is 4.79 Å². The number of rotatable bonds is 6. The summed E-state index contributed by atoms with van der Waals surface area (Å²) in [5, 5.41) is 12.8. The summed E-state index contributed by atoms with van der Waals surface area (Å²) in [5.74, 6) is 0.669. The number of amides is 2. The van der Waals surface area contributed by atoms with Crippen LogP contribution in [-0.2, 0) is 0 Å². The van der Waals surface area contributed by atoms with E-state index >= 15 is 0 Å². The Kier molecular flexibility index (Phi) is 6.25. The van der Waals surface area contributed by atoms with Gasteiger partial charge in [0.05, 0.1) is 6.10 Å². The van der Waals surface area contributed by atoms with E-state index in [9.17, 15) is 9.90 Å². The topological polar surface area (TPSA) is 52.6 Å². The fourth-order valence-corrected chi connectivity index (χ4v) is 3.14. The zero-order valence-electron chi connectivity index (χ0n) is 13.7. The van der Waals surface area contributed by atoms with Gasteiger partial charge in [0.1, 0.15) is 0 Å². The van der Waals surface area contributed by atoms with Crippen molar-refractivity contribution >= 4 is 6.03 Å². The summed E-state index contributed by atoms with van der Waals surface area (Å²) in [6, 6.07) is 10.3. The van der Waals surface area contributed by atoms with Gasteiger partial charge in [0, 0.05) is 26.1 Å². The van der Waals surface area contributed by atoms with Gasteiger partial charge in [-0.1, -0.05) is 43.7 Å². The van der Waals surface area contributed by atoms with Crippen LogP contribution in [0.5, 0.6) is 0 Å². The molecule has 3 unspecified atom stereocenters. The maximum Gasteiger partial charge on any atom is 0.317 e. The largest absolute Gasteiger partial charge is 0.393 e. The number of carbonyl (C=O) groups excluding carboxylic acids is 1. The molecule has 0 aliphatic heterocycles. The van der Waals surface area contributed by atoms with Gasteiger partial charge in [-0.25, -0.2) is 4.79 Å². The van der Waals surface area contributed by atoms with E-state index in [1.807, 2.05) is 18.2 Å². The lowest BCUT2D eigenvalue weighted by molar-refractivity contribution is 0.114. The molecule has 0 spiro atoms. The molecule has 1 aromatic carbocycles. The van der Waals surface area contributed by atoms with Crippen LogP contribution >= 0.6 is 0 Å². The number of benzene rings is 1. The molecule has 1 aromatic rings. The van der Waals surface area contributed by atoms with E-state index in [0.717, 1.165) is 25.7 Å². The fraction of sp³-hybridized carbons (Fsp3) is 0.611. The summed E-state index contributed by atoms with van der Waals surface area (Å²) >= 11 is 0. The Hall–Kier alpha value is -1.55. The Labute approximate surface area is 133 Å². The second-order valence-electron chi connectivity index (χ2n) is 6.47.